The minimum Gasteiger partial charge on any atom is -0.294 e. The monoisotopic (exact) mass is 327 g/mol. The average molecular weight is 327 g/mol. The van der Waals surface area contributed by atoms with E-state index in [1.165, 1.54) is 0 Å². The van der Waals surface area contributed by atoms with E-state index in [-0.39, 0.29) is 0 Å². The Labute approximate surface area is 146 Å². The number of amidine groups is 1. The third-order valence-electron chi connectivity index (χ3n) is 4.49. The van der Waals surface area contributed by atoms with Crippen LogP contribution in [0.25, 0.3) is 11.3 Å². The van der Waals surface area contributed by atoms with E-state index >= 15 is 0 Å². The van der Waals surface area contributed by atoms with Gasteiger partial charge in [0, 0.05) is 30.3 Å². The molecule has 1 aromatic heterocycles. The van der Waals surface area contributed by atoms with Gasteiger partial charge < -0.3 is 0 Å². The molecule has 0 atom stereocenters. The molecule has 3 heterocycles. The first-order valence-corrected chi connectivity index (χ1v) is 8.52. The van der Waals surface area contributed by atoms with Gasteiger partial charge in [-0.2, -0.15) is 9.78 Å². The van der Waals surface area contributed by atoms with Crippen LogP contribution in [-0.2, 0) is 0 Å². The number of nitrogens with zero attached hydrogens (tertiary/aromatic N) is 5. The number of fused-ring (bicyclic) bond motifs is 3. The van der Waals surface area contributed by atoms with Crippen molar-refractivity contribution < 1.29 is 0 Å². The highest BCUT2D eigenvalue weighted by Gasteiger charge is 2.30. The molecule has 5 heteroatoms. The molecule has 0 fully saturated rings. The highest BCUT2D eigenvalue weighted by atomic mass is 15.5. The van der Waals surface area contributed by atoms with Gasteiger partial charge in [0.15, 0.2) is 5.82 Å². The minimum atomic E-state index is 0.827. The molecule has 0 N–H and O–H groups in total. The molecule has 0 amide bonds. The maximum Gasteiger partial charge on any atom is 0.229 e. The van der Waals surface area contributed by atoms with Crippen molar-refractivity contribution in [1.82, 2.24) is 14.7 Å². The van der Waals surface area contributed by atoms with Gasteiger partial charge in [-0.15, -0.1) is 0 Å². The molecule has 0 saturated carbocycles. The van der Waals surface area contributed by atoms with Crippen molar-refractivity contribution in [2.75, 3.05) is 13.1 Å². The van der Waals surface area contributed by atoms with Crippen LogP contribution in [0.3, 0.4) is 0 Å². The molecular formula is C20H17N5. The first-order valence-electron chi connectivity index (χ1n) is 8.52. The van der Waals surface area contributed by atoms with E-state index in [2.05, 4.69) is 29.2 Å². The van der Waals surface area contributed by atoms with Crippen LogP contribution in [0.2, 0.25) is 0 Å². The lowest BCUT2D eigenvalue weighted by atomic mass is 10.1. The summed E-state index contributed by atoms with van der Waals surface area (Å²) in [4.78, 5) is 11.8. The molecule has 2 aliphatic rings. The van der Waals surface area contributed by atoms with Gasteiger partial charge in [0.25, 0.3) is 0 Å². The average Bonchev–Trinajstić information content (AvgIpc) is 3.13. The Hall–Kier alpha value is -3.21. The molecule has 2 aromatic carbocycles. The second kappa shape index (κ2) is 5.70. The second-order valence-corrected chi connectivity index (χ2v) is 6.15. The molecule has 0 spiro atoms. The molecule has 0 radical (unpaired) electrons. The van der Waals surface area contributed by atoms with Crippen LogP contribution < -0.4 is 0 Å². The van der Waals surface area contributed by atoms with Crippen molar-refractivity contribution in [3.8, 4) is 11.3 Å². The van der Waals surface area contributed by atoms with E-state index in [0.717, 1.165) is 53.9 Å². The largest absolute Gasteiger partial charge is 0.294 e. The van der Waals surface area contributed by atoms with E-state index in [4.69, 9.17) is 15.1 Å². The van der Waals surface area contributed by atoms with Gasteiger partial charge in [-0.25, -0.2) is 4.99 Å². The zero-order chi connectivity index (χ0) is 16.6. The third kappa shape index (κ3) is 2.36. The summed E-state index contributed by atoms with van der Waals surface area (Å²) in [5, 5.41) is 4.77. The highest BCUT2D eigenvalue weighted by Crippen LogP contribution is 2.29. The molecule has 25 heavy (non-hydrogen) atoms. The topological polar surface area (TPSA) is 45.8 Å². The van der Waals surface area contributed by atoms with Crippen LogP contribution in [0, 0.1) is 0 Å². The van der Waals surface area contributed by atoms with Crippen LogP contribution >= 0.6 is 0 Å². The quantitative estimate of drug-likeness (QED) is 0.722. The summed E-state index contributed by atoms with van der Waals surface area (Å²) in [5.74, 6) is 2.65. The summed E-state index contributed by atoms with van der Waals surface area (Å²) in [5.41, 5.74) is 3.11. The van der Waals surface area contributed by atoms with Crippen molar-refractivity contribution in [3.05, 3.63) is 72.3 Å². The Balaban J connectivity index is 1.68. The number of hydrogen-bond donors (Lipinski definition) is 0. The van der Waals surface area contributed by atoms with Crippen LogP contribution in [0.4, 0.5) is 5.82 Å². The van der Waals surface area contributed by atoms with Gasteiger partial charge in [-0.05, 0) is 6.42 Å². The van der Waals surface area contributed by atoms with Crippen molar-refractivity contribution in [1.29, 1.82) is 0 Å². The molecule has 122 valence electrons. The molecular weight excluding hydrogens is 310 g/mol. The lowest BCUT2D eigenvalue weighted by molar-refractivity contribution is 0.514. The molecule has 0 aliphatic carbocycles. The van der Waals surface area contributed by atoms with Crippen molar-refractivity contribution in [3.63, 3.8) is 0 Å². The van der Waals surface area contributed by atoms with Crippen molar-refractivity contribution >= 4 is 17.6 Å². The van der Waals surface area contributed by atoms with E-state index in [1.54, 1.807) is 0 Å². The van der Waals surface area contributed by atoms with Gasteiger partial charge in [-0.3, -0.25) is 9.89 Å². The Morgan fingerprint density at radius 2 is 1.56 bits per heavy atom. The fourth-order valence-corrected chi connectivity index (χ4v) is 3.30. The third-order valence-corrected chi connectivity index (χ3v) is 4.49. The minimum absolute atomic E-state index is 0.827. The lowest BCUT2D eigenvalue weighted by Gasteiger charge is -2.33. The fourth-order valence-electron chi connectivity index (χ4n) is 3.30. The highest BCUT2D eigenvalue weighted by molar-refractivity contribution is 6.12. The maximum atomic E-state index is 4.91. The number of aliphatic imine (C=N–C) groups is 2. The Bertz CT molecular complexity index is 970. The van der Waals surface area contributed by atoms with Crippen LogP contribution in [0.5, 0.6) is 0 Å². The summed E-state index contributed by atoms with van der Waals surface area (Å²) in [6.45, 7) is 1.74. The molecule has 3 aromatic rings. The normalized spacial score (nSPS) is 15.9. The number of aromatic nitrogens is 2. The zero-order valence-corrected chi connectivity index (χ0v) is 13.7. The molecule has 0 unspecified atom stereocenters. The summed E-state index contributed by atoms with van der Waals surface area (Å²) in [6, 6.07) is 22.5. The van der Waals surface area contributed by atoms with E-state index in [0.29, 0.717) is 0 Å². The summed E-state index contributed by atoms with van der Waals surface area (Å²) in [6.07, 6.45) is 1.03. The molecule has 0 bridgehead atoms. The summed E-state index contributed by atoms with van der Waals surface area (Å²) >= 11 is 0. The standard InChI is InChI=1S/C20H17N5/c1-3-8-15(9-4-1)17-14-18-22-19(16-10-5-2-6-11-16)24-13-7-12-21-20(24)25(18)23-17/h1-6,8-11,14H,7,12-13H2. The Kier molecular flexibility index (Phi) is 3.23. The number of rotatable bonds is 2. The zero-order valence-electron chi connectivity index (χ0n) is 13.7. The molecule has 5 rings (SSSR count). The molecule has 0 saturated heterocycles. The van der Waals surface area contributed by atoms with Crippen LogP contribution in [-0.4, -0.2) is 39.6 Å². The van der Waals surface area contributed by atoms with Crippen LogP contribution in [0.1, 0.15) is 12.0 Å². The molecule has 5 nitrogen and oxygen atoms in total. The van der Waals surface area contributed by atoms with Gasteiger partial charge >= 0.3 is 0 Å². The van der Waals surface area contributed by atoms with Gasteiger partial charge in [-0.1, -0.05) is 60.7 Å². The Morgan fingerprint density at radius 3 is 2.32 bits per heavy atom. The van der Waals surface area contributed by atoms with Crippen LogP contribution in [0.15, 0.2) is 76.7 Å². The van der Waals surface area contributed by atoms with Gasteiger partial charge in [0.05, 0.1) is 5.69 Å². The molecule has 2 aliphatic heterocycles. The maximum absolute atomic E-state index is 4.91. The first-order chi connectivity index (χ1) is 12.4. The predicted molar refractivity (Wildman–Crippen MR) is 99.3 cm³/mol. The van der Waals surface area contributed by atoms with E-state index in [9.17, 15) is 0 Å². The van der Waals surface area contributed by atoms with Crippen molar-refractivity contribution in [2.45, 2.75) is 6.42 Å². The van der Waals surface area contributed by atoms with E-state index in [1.807, 2.05) is 47.1 Å². The van der Waals surface area contributed by atoms with Gasteiger partial charge in [0.2, 0.25) is 5.96 Å². The smallest absolute Gasteiger partial charge is 0.229 e. The first kappa shape index (κ1) is 14.2. The number of hydrogen-bond acceptors (Lipinski definition) is 4. The predicted octanol–water partition coefficient (Wildman–Crippen LogP) is 3.55. The van der Waals surface area contributed by atoms with E-state index < -0.39 is 0 Å². The Morgan fingerprint density at radius 1 is 0.840 bits per heavy atom. The lowest BCUT2D eigenvalue weighted by Crippen LogP contribution is -2.47. The fraction of sp³-hybridized carbons (Fsp3) is 0.150. The number of benzene rings is 2. The second-order valence-electron chi connectivity index (χ2n) is 6.15. The summed E-state index contributed by atoms with van der Waals surface area (Å²) < 4.78 is 1.87. The van der Waals surface area contributed by atoms with Gasteiger partial charge in [0.1, 0.15) is 5.84 Å². The summed E-state index contributed by atoms with van der Waals surface area (Å²) in [7, 11) is 0. The van der Waals surface area contributed by atoms with Crippen molar-refractivity contribution in [2.24, 2.45) is 9.98 Å². The SMILES string of the molecule is c1ccc(C2=Nc3cc(-c4ccccc4)nn3C3=NCCCN23)cc1.